The molecule has 4 heteroatoms. The van der Waals surface area contributed by atoms with Gasteiger partial charge in [0.1, 0.15) is 0 Å². The lowest BCUT2D eigenvalue weighted by molar-refractivity contribution is -0.152. The summed E-state index contributed by atoms with van der Waals surface area (Å²) in [5.41, 5.74) is 1.23. The van der Waals surface area contributed by atoms with Gasteiger partial charge >= 0.3 is 0 Å². The molecule has 2 fully saturated rings. The molecule has 1 saturated carbocycles. The van der Waals surface area contributed by atoms with Crippen LogP contribution in [0.25, 0.3) is 0 Å². The van der Waals surface area contributed by atoms with Crippen LogP contribution in [-0.4, -0.2) is 36.3 Å². The molecule has 2 amide bonds. The molecule has 0 aromatic carbocycles. The quantitative estimate of drug-likeness (QED) is 0.565. The number of carbonyl (C=O) groups is 2. The molecule has 1 aliphatic carbocycles. The van der Waals surface area contributed by atoms with Crippen LogP contribution in [0.5, 0.6) is 0 Å². The van der Waals surface area contributed by atoms with Crippen LogP contribution in [0.2, 0.25) is 0 Å². The number of hydrogen-bond acceptors (Lipinski definition) is 3. The van der Waals surface area contributed by atoms with E-state index in [2.05, 4.69) is 11.4 Å². The average Bonchev–Trinajstić information content (AvgIpc) is 2.81. The summed E-state index contributed by atoms with van der Waals surface area (Å²) in [5.74, 6) is 0.395. The van der Waals surface area contributed by atoms with Gasteiger partial charge in [-0.1, -0.05) is 11.6 Å². The SMILES string of the molecule is O=C1C2CCC(C2)C(=O)N1CC1=CCNCC1. The minimum atomic E-state index is 0.0724. The molecule has 2 heterocycles. The van der Waals surface area contributed by atoms with Crippen LogP contribution in [0.1, 0.15) is 25.7 Å². The minimum Gasteiger partial charge on any atom is -0.313 e. The molecular formula is C13H18N2O2. The summed E-state index contributed by atoms with van der Waals surface area (Å²) in [6, 6.07) is 0. The highest BCUT2D eigenvalue weighted by molar-refractivity contribution is 6.01. The van der Waals surface area contributed by atoms with Gasteiger partial charge in [-0.2, -0.15) is 0 Å². The van der Waals surface area contributed by atoms with E-state index >= 15 is 0 Å². The van der Waals surface area contributed by atoms with E-state index in [-0.39, 0.29) is 23.7 Å². The normalized spacial score (nSPS) is 32.9. The Kier molecular flexibility index (Phi) is 2.74. The van der Waals surface area contributed by atoms with Gasteiger partial charge < -0.3 is 5.32 Å². The lowest BCUT2D eigenvalue weighted by Crippen LogP contribution is -2.47. The third kappa shape index (κ3) is 1.90. The molecule has 3 rings (SSSR count). The Bertz CT molecular complexity index is 367. The standard InChI is InChI=1S/C13H18N2O2/c16-12-10-1-2-11(7-10)13(17)15(12)8-9-3-5-14-6-4-9/h3,10-11,14H,1-2,4-8H2. The topological polar surface area (TPSA) is 49.4 Å². The Labute approximate surface area is 101 Å². The third-order valence-electron chi connectivity index (χ3n) is 4.18. The van der Waals surface area contributed by atoms with Crippen LogP contribution < -0.4 is 5.32 Å². The molecule has 0 aromatic heterocycles. The number of carbonyl (C=O) groups excluding carboxylic acids is 2. The number of hydrogen-bond donors (Lipinski definition) is 1. The van der Waals surface area contributed by atoms with Crippen molar-refractivity contribution in [1.29, 1.82) is 0 Å². The number of piperidine rings is 1. The molecule has 1 saturated heterocycles. The van der Waals surface area contributed by atoms with Gasteiger partial charge in [0.05, 0.1) is 0 Å². The number of nitrogens with zero attached hydrogens (tertiary/aromatic N) is 1. The predicted octanol–water partition coefficient (Wildman–Crippen LogP) is 0.691. The maximum absolute atomic E-state index is 12.1. The number of fused-ring (bicyclic) bond motifs is 2. The van der Waals surface area contributed by atoms with E-state index in [0.717, 1.165) is 38.8 Å². The zero-order valence-electron chi connectivity index (χ0n) is 9.95. The minimum absolute atomic E-state index is 0.0724. The van der Waals surface area contributed by atoms with Crippen molar-refractivity contribution >= 4 is 11.8 Å². The van der Waals surface area contributed by atoms with Crippen molar-refractivity contribution in [2.75, 3.05) is 19.6 Å². The van der Waals surface area contributed by atoms with Gasteiger partial charge in [0, 0.05) is 24.9 Å². The maximum Gasteiger partial charge on any atom is 0.232 e. The molecular weight excluding hydrogens is 216 g/mol. The molecule has 2 aliphatic heterocycles. The Hall–Kier alpha value is -1.16. The van der Waals surface area contributed by atoms with Crippen LogP contribution in [0, 0.1) is 11.8 Å². The van der Waals surface area contributed by atoms with E-state index in [1.165, 1.54) is 10.5 Å². The smallest absolute Gasteiger partial charge is 0.232 e. The van der Waals surface area contributed by atoms with Crippen molar-refractivity contribution < 1.29 is 9.59 Å². The van der Waals surface area contributed by atoms with E-state index in [0.29, 0.717) is 6.54 Å². The van der Waals surface area contributed by atoms with Crippen LogP contribution in [0.4, 0.5) is 0 Å². The molecule has 92 valence electrons. The second-order valence-corrected chi connectivity index (χ2v) is 5.29. The highest BCUT2D eigenvalue weighted by Gasteiger charge is 2.45. The highest BCUT2D eigenvalue weighted by Crippen LogP contribution is 2.38. The second kappa shape index (κ2) is 4.26. The number of amides is 2. The van der Waals surface area contributed by atoms with Gasteiger partial charge in [-0.3, -0.25) is 14.5 Å². The summed E-state index contributed by atoms with van der Waals surface area (Å²) >= 11 is 0. The van der Waals surface area contributed by atoms with E-state index in [9.17, 15) is 9.59 Å². The second-order valence-electron chi connectivity index (χ2n) is 5.29. The number of nitrogens with one attached hydrogen (secondary N) is 1. The van der Waals surface area contributed by atoms with Gasteiger partial charge in [0.25, 0.3) is 0 Å². The van der Waals surface area contributed by atoms with Crippen LogP contribution in [0.3, 0.4) is 0 Å². The summed E-state index contributed by atoms with van der Waals surface area (Å²) < 4.78 is 0. The zero-order chi connectivity index (χ0) is 11.8. The monoisotopic (exact) mass is 234 g/mol. The van der Waals surface area contributed by atoms with Gasteiger partial charge in [-0.05, 0) is 32.2 Å². The van der Waals surface area contributed by atoms with Gasteiger partial charge in [0.2, 0.25) is 11.8 Å². The van der Waals surface area contributed by atoms with Crippen molar-refractivity contribution in [2.45, 2.75) is 25.7 Å². The van der Waals surface area contributed by atoms with E-state index in [1.807, 2.05) is 0 Å². The summed E-state index contributed by atoms with van der Waals surface area (Å²) in [5, 5.41) is 3.24. The van der Waals surface area contributed by atoms with Crippen LogP contribution in [-0.2, 0) is 9.59 Å². The Morgan fingerprint density at radius 2 is 1.94 bits per heavy atom. The molecule has 4 nitrogen and oxygen atoms in total. The molecule has 0 spiro atoms. The van der Waals surface area contributed by atoms with Crippen molar-refractivity contribution in [1.82, 2.24) is 10.2 Å². The largest absolute Gasteiger partial charge is 0.313 e. The molecule has 0 aromatic rings. The average molecular weight is 234 g/mol. The van der Waals surface area contributed by atoms with Gasteiger partial charge in [-0.25, -0.2) is 0 Å². The molecule has 17 heavy (non-hydrogen) atoms. The first-order valence-electron chi connectivity index (χ1n) is 6.49. The first-order chi connectivity index (χ1) is 8.25. The maximum atomic E-state index is 12.1. The summed E-state index contributed by atoms with van der Waals surface area (Å²) in [4.78, 5) is 25.8. The number of likely N-dealkylation sites (tertiary alicyclic amines) is 1. The lowest BCUT2D eigenvalue weighted by atomic mass is 9.96. The number of imide groups is 1. The molecule has 2 atom stereocenters. The van der Waals surface area contributed by atoms with Crippen molar-refractivity contribution in [3.63, 3.8) is 0 Å². The third-order valence-corrected chi connectivity index (χ3v) is 4.18. The fraction of sp³-hybridized carbons (Fsp3) is 0.692. The van der Waals surface area contributed by atoms with E-state index in [4.69, 9.17) is 0 Å². The van der Waals surface area contributed by atoms with Crippen molar-refractivity contribution in [3.8, 4) is 0 Å². The Morgan fingerprint density at radius 3 is 2.53 bits per heavy atom. The van der Waals surface area contributed by atoms with Crippen LogP contribution in [0.15, 0.2) is 11.6 Å². The number of rotatable bonds is 2. The molecule has 1 N–H and O–H groups in total. The summed E-state index contributed by atoms with van der Waals surface area (Å²) in [6.45, 7) is 2.35. The van der Waals surface area contributed by atoms with Crippen molar-refractivity contribution in [2.24, 2.45) is 11.8 Å². The first kappa shape index (κ1) is 11.0. The Morgan fingerprint density at radius 1 is 1.24 bits per heavy atom. The van der Waals surface area contributed by atoms with Crippen LogP contribution >= 0.6 is 0 Å². The molecule has 2 unspecified atom stereocenters. The molecule has 3 aliphatic rings. The summed E-state index contributed by atoms with van der Waals surface area (Å²) in [6.07, 6.45) is 5.68. The zero-order valence-corrected chi connectivity index (χ0v) is 9.95. The lowest BCUT2D eigenvalue weighted by Gasteiger charge is -2.31. The molecule has 0 radical (unpaired) electrons. The predicted molar refractivity (Wildman–Crippen MR) is 63.1 cm³/mol. The molecule has 2 bridgehead atoms. The Balaban J connectivity index is 1.75. The van der Waals surface area contributed by atoms with E-state index in [1.54, 1.807) is 0 Å². The highest BCUT2D eigenvalue weighted by atomic mass is 16.2. The fourth-order valence-electron chi connectivity index (χ4n) is 3.15. The first-order valence-corrected chi connectivity index (χ1v) is 6.49. The van der Waals surface area contributed by atoms with Gasteiger partial charge in [-0.15, -0.1) is 0 Å². The van der Waals surface area contributed by atoms with Gasteiger partial charge in [0.15, 0.2) is 0 Å². The van der Waals surface area contributed by atoms with Crippen molar-refractivity contribution in [3.05, 3.63) is 11.6 Å². The summed E-state index contributed by atoms with van der Waals surface area (Å²) in [7, 11) is 0. The van der Waals surface area contributed by atoms with E-state index < -0.39 is 0 Å². The fourth-order valence-corrected chi connectivity index (χ4v) is 3.15.